The zero-order chi connectivity index (χ0) is 23.3. The van der Waals surface area contributed by atoms with Crippen molar-refractivity contribution < 1.29 is 27.9 Å². The Morgan fingerprint density at radius 3 is 2.06 bits per heavy atom. The Labute approximate surface area is 184 Å². The number of amides is 2. The molecule has 3 rings (SSSR count). The molecule has 0 aliphatic rings. The third-order valence-corrected chi connectivity index (χ3v) is 4.34. The molecule has 0 fully saturated rings. The van der Waals surface area contributed by atoms with Crippen LogP contribution in [-0.2, 0) is 6.18 Å². The van der Waals surface area contributed by atoms with Crippen LogP contribution in [-0.4, -0.2) is 17.1 Å². The summed E-state index contributed by atoms with van der Waals surface area (Å²) in [6, 6.07) is 14.3. The average Bonchev–Trinajstić information content (AvgIpc) is 2.73. The first-order chi connectivity index (χ1) is 15.1. The summed E-state index contributed by atoms with van der Waals surface area (Å²) in [6.45, 7) is 0. The fourth-order valence-electron chi connectivity index (χ4n) is 2.58. The number of hydrogen-bond acceptors (Lipinski definition) is 4. The van der Waals surface area contributed by atoms with Crippen molar-refractivity contribution in [2.45, 2.75) is 6.18 Å². The molecule has 3 N–H and O–H groups in total. The van der Waals surface area contributed by atoms with Crippen LogP contribution in [0.4, 0.5) is 40.7 Å². The largest absolute Gasteiger partial charge is 0.478 e. The number of aromatic carboxylic acids is 1. The Morgan fingerprint density at radius 1 is 0.844 bits per heavy atom. The zero-order valence-electron chi connectivity index (χ0n) is 16.0. The maximum Gasteiger partial charge on any atom is 0.417 e. The van der Waals surface area contributed by atoms with Crippen molar-refractivity contribution in [3.8, 4) is 0 Å². The number of benzene rings is 3. The molecule has 0 aliphatic carbocycles. The van der Waals surface area contributed by atoms with Gasteiger partial charge in [0.25, 0.3) is 0 Å². The van der Waals surface area contributed by atoms with Gasteiger partial charge in [0, 0.05) is 11.4 Å². The molecule has 32 heavy (non-hydrogen) atoms. The lowest BCUT2D eigenvalue weighted by atomic mass is 10.2. The van der Waals surface area contributed by atoms with Gasteiger partial charge < -0.3 is 15.7 Å². The summed E-state index contributed by atoms with van der Waals surface area (Å²) < 4.78 is 38.9. The van der Waals surface area contributed by atoms with Crippen molar-refractivity contribution in [3.63, 3.8) is 0 Å². The molecule has 0 saturated heterocycles. The van der Waals surface area contributed by atoms with Gasteiger partial charge in [0.05, 0.1) is 27.5 Å². The topological polar surface area (TPSA) is 103 Å². The highest BCUT2D eigenvalue weighted by molar-refractivity contribution is 6.31. The quantitative estimate of drug-likeness (QED) is 0.352. The molecule has 0 spiro atoms. The van der Waals surface area contributed by atoms with Crippen molar-refractivity contribution >= 4 is 46.4 Å². The number of carbonyl (C=O) groups is 2. The van der Waals surface area contributed by atoms with Gasteiger partial charge in [0.15, 0.2) is 0 Å². The number of carbonyl (C=O) groups excluding carboxylic acids is 1. The van der Waals surface area contributed by atoms with E-state index >= 15 is 0 Å². The molecule has 11 heteroatoms. The Balaban J connectivity index is 1.69. The highest BCUT2D eigenvalue weighted by atomic mass is 35.5. The first-order valence-corrected chi connectivity index (χ1v) is 9.29. The minimum Gasteiger partial charge on any atom is -0.478 e. The molecule has 0 heterocycles. The zero-order valence-corrected chi connectivity index (χ0v) is 16.8. The van der Waals surface area contributed by atoms with Crippen molar-refractivity contribution in [2.24, 2.45) is 10.2 Å². The standard InChI is InChI=1S/C21H14ClF3N4O3/c22-18-8-7-14(11-17(18)21(23,24)25)27-20(32)26-13-4-2-6-16(10-13)29-28-15-5-1-3-12(9-15)19(30)31/h1-11H,(H,30,31)(H2,26,27,32)/b29-28+. The Kier molecular flexibility index (Phi) is 6.74. The van der Waals surface area contributed by atoms with Crippen molar-refractivity contribution in [3.05, 3.63) is 82.9 Å². The van der Waals surface area contributed by atoms with Crippen LogP contribution in [0.15, 0.2) is 77.0 Å². The van der Waals surface area contributed by atoms with Gasteiger partial charge in [0.2, 0.25) is 0 Å². The maximum absolute atomic E-state index is 13.0. The van der Waals surface area contributed by atoms with E-state index in [0.717, 1.165) is 12.1 Å². The fourth-order valence-corrected chi connectivity index (χ4v) is 2.80. The van der Waals surface area contributed by atoms with E-state index in [2.05, 4.69) is 20.9 Å². The van der Waals surface area contributed by atoms with Crippen LogP contribution < -0.4 is 10.6 Å². The predicted octanol–water partition coefficient (Wildman–Crippen LogP) is 7.12. The molecular weight excluding hydrogens is 449 g/mol. The van der Waals surface area contributed by atoms with Crippen molar-refractivity contribution in [2.75, 3.05) is 10.6 Å². The number of carboxylic acid groups (broad SMARTS) is 1. The van der Waals surface area contributed by atoms with Crippen LogP contribution in [0.5, 0.6) is 0 Å². The van der Waals surface area contributed by atoms with Gasteiger partial charge in [0.1, 0.15) is 0 Å². The summed E-state index contributed by atoms with van der Waals surface area (Å²) >= 11 is 5.57. The lowest BCUT2D eigenvalue weighted by molar-refractivity contribution is -0.137. The smallest absolute Gasteiger partial charge is 0.417 e. The molecular formula is C21H14ClF3N4O3. The number of azo groups is 1. The summed E-state index contributed by atoms with van der Waals surface area (Å²) in [5.41, 5.74) is -0.106. The third kappa shape index (κ3) is 6.05. The van der Waals surface area contributed by atoms with Crippen molar-refractivity contribution in [1.82, 2.24) is 0 Å². The molecule has 3 aromatic carbocycles. The van der Waals surface area contributed by atoms with Gasteiger partial charge in [-0.05, 0) is 54.6 Å². The molecule has 0 aromatic heterocycles. The van der Waals surface area contributed by atoms with Crippen LogP contribution in [0.1, 0.15) is 15.9 Å². The van der Waals surface area contributed by atoms with Crippen LogP contribution in [0.2, 0.25) is 5.02 Å². The van der Waals surface area contributed by atoms with Crippen LogP contribution >= 0.6 is 11.6 Å². The van der Waals surface area contributed by atoms with Gasteiger partial charge in [-0.2, -0.15) is 23.4 Å². The Hall–Kier alpha value is -3.92. The van der Waals surface area contributed by atoms with Gasteiger partial charge in [-0.15, -0.1) is 0 Å². The molecule has 0 atom stereocenters. The van der Waals surface area contributed by atoms with E-state index in [9.17, 15) is 22.8 Å². The van der Waals surface area contributed by atoms with Gasteiger partial charge in [-0.25, -0.2) is 9.59 Å². The lowest BCUT2D eigenvalue weighted by Gasteiger charge is -2.12. The predicted molar refractivity (Wildman–Crippen MR) is 113 cm³/mol. The van der Waals surface area contributed by atoms with Gasteiger partial charge >= 0.3 is 18.2 Å². The summed E-state index contributed by atoms with van der Waals surface area (Å²) in [4.78, 5) is 23.2. The number of carboxylic acids is 1. The molecule has 2 amide bonds. The minimum atomic E-state index is -4.66. The summed E-state index contributed by atoms with van der Waals surface area (Å²) in [5.74, 6) is -1.10. The highest BCUT2D eigenvalue weighted by Gasteiger charge is 2.33. The van der Waals surface area contributed by atoms with E-state index in [-0.39, 0.29) is 11.3 Å². The average molecular weight is 463 g/mol. The van der Waals surface area contributed by atoms with Gasteiger partial charge in [-0.1, -0.05) is 23.7 Å². The normalized spacial score (nSPS) is 11.4. The fraction of sp³-hybridized carbons (Fsp3) is 0.0476. The molecule has 0 aliphatic heterocycles. The number of anilines is 2. The second-order valence-corrected chi connectivity index (χ2v) is 6.78. The third-order valence-electron chi connectivity index (χ3n) is 4.01. The van der Waals surface area contributed by atoms with E-state index in [1.807, 2.05) is 0 Å². The number of alkyl halides is 3. The lowest BCUT2D eigenvalue weighted by Crippen LogP contribution is -2.19. The van der Waals surface area contributed by atoms with Crippen LogP contribution in [0, 0.1) is 0 Å². The molecule has 0 unspecified atom stereocenters. The summed E-state index contributed by atoms with van der Waals surface area (Å²) in [6.07, 6.45) is -4.66. The van der Waals surface area contributed by atoms with E-state index in [0.29, 0.717) is 17.1 Å². The highest BCUT2D eigenvalue weighted by Crippen LogP contribution is 2.36. The van der Waals surface area contributed by atoms with Crippen LogP contribution in [0.25, 0.3) is 0 Å². The van der Waals surface area contributed by atoms with E-state index in [1.54, 1.807) is 24.3 Å². The molecule has 0 radical (unpaired) electrons. The number of urea groups is 1. The number of halogens is 4. The SMILES string of the molecule is O=C(Nc1cccc(/N=N/c2cccc(C(=O)O)c2)c1)Nc1ccc(Cl)c(C(F)(F)F)c1. The monoisotopic (exact) mass is 462 g/mol. The van der Waals surface area contributed by atoms with Crippen LogP contribution in [0.3, 0.4) is 0 Å². The molecule has 0 saturated carbocycles. The minimum absolute atomic E-state index is 0.0596. The molecule has 0 bridgehead atoms. The molecule has 3 aromatic rings. The first kappa shape index (κ1) is 22.8. The summed E-state index contributed by atoms with van der Waals surface area (Å²) in [5, 5.41) is 21.3. The van der Waals surface area contributed by atoms with Gasteiger partial charge in [-0.3, -0.25) is 0 Å². The number of hydrogen-bond donors (Lipinski definition) is 3. The maximum atomic E-state index is 13.0. The Bertz CT molecular complexity index is 1200. The molecule has 7 nitrogen and oxygen atoms in total. The van der Waals surface area contributed by atoms with E-state index < -0.39 is 28.8 Å². The first-order valence-electron chi connectivity index (χ1n) is 8.92. The number of nitrogens with one attached hydrogen (secondary N) is 2. The van der Waals surface area contributed by atoms with Crippen molar-refractivity contribution in [1.29, 1.82) is 0 Å². The second-order valence-electron chi connectivity index (χ2n) is 6.38. The summed E-state index contributed by atoms with van der Waals surface area (Å²) in [7, 11) is 0. The number of nitrogens with zero attached hydrogens (tertiary/aromatic N) is 2. The Morgan fingerprint density at radius 2 is 1.44 bits per heavy atom. The second kappa shape index (κ2) is 9.48. The van der Waals surface area contributed by atoms with E-state index in [1.165, 1.54) is 30.3 Å². The van der Waals surface area contributed by atoms with E-state index in [4.69, 9.17) is 16.7 Å². The number of rotatable bonds is 5. The molecule has 164 valence electrons.